The lowest BCUT2D eigenvalue weighted by atomic mass is 10.2. The Morgan fingerprint density at radius 1 is 1.10 bits per heavy atom. The van der Waals surface area contributed by atoms with E-state index < -0.39 is 0 Å². The van der Waals surface area contributed by atoms with Gasteiger partial charge in [0.25, 0.3) is 0 Å². The molecule has 0 bridgehead atoms. The van der Waals surface area contributed by atoms with Crippen LogP contribution in [0.15, 0.2) is 24.5 Å². The highest BCUT2D eigenvalue weighted by Crippen LogP contribution is 2.23. The van der Waals surface area contributed by atoms with Crippen LogP contribution >= 0.6 is 0 Å². The Morgan fingerprint density at radius 2 is 1.80 bits per heavy atom. The summed E-state index contributed by atoms with van der Waals surface area (Å²) in [6.45, 7) is 9.48. The van der Waals surface area contributed by atoms with Gasteiger partial charge in [0.15, 0.2) is 0 Å². The highest BCUT2D eigenvalue weighted by atomic mass is 15.3. The summed E-state index contributed by atoms with van der Waals surface area (Å²) in [4.78, 5) is 9.00. The molecule has 0 aromatic carbocycles. The molecular formula is C15H21N5. The second-order valence-corrected chi connectivity index (χ2v) is 5.40. The van der Waals surface area contributed by atoms with Crippen LogP contribution in [0.1, 0.15) is 17.0 Å². The van der Waals surface area contributed by atoms with Gasteiger partial charge < -0.3 is 4.90 Å². The van der Waals surface area contributed by atoms with E-state index in [-0.39, 0.29) is 0 Å². The fourth-order valence-corrected chi connectivity index (χ4v) is 2.89. The van der Waals surface area contributed by atoms with Crippen LogP contribution in [-0.4, -0.2) is 46.3 Å². The summed E-state index contributed by atoms with van der Waals surface area (Å²) in [7, 11) is 0. The number of pyridine rings is 1. The standard InChI is InChI=1S/C15H21N5/c1-12-15(13(2)18-17-12)20-9-7-19(8-10-20)11-14-3-5-16-6-4-14/h3-6H,7-11H2,1-2H3,(H,17,18). The van der Waals surface area contributed by atoms with Crippen LogP contribution in [0.4, 0.5) is 5.69 Å². The minimum absolute atomic E-state index is 1.01. The number of nitrogens with zero attached hydrogens (tertiary/aromatic N) is 4. The molecule has 5 nitrogen and oxygen atoms in total. The van der Waals surface area contributed by atoms with E-state index >= 15 is 0 Å². The van der Waals surface area contributed by atoms with Crippen molar-refractivity contribution in [1.82, 2.24) is 20.1 Å². The first-order valence-corrected chi connectivity index (χ1v) is 7.12. The number of hydrogen-bond donors (Lipinski definition) is 1. The third kappa shape index (κ3) is 2.67. The highest BCUT2D eigenvalue weighted by molar-refractivity contribution is 5.54. The largest absolute Gasteiger partial charge is 0.366 e. The summed E-state index contributed by atoms with van der Waals surface area (Å²) in [5, 5.41) is 7.36. The van der Waals surface area contributed by atoms with Crippen molar-refractivity contribution in [3.8, 4) is 0 Å². The maximum Gasteiger partial charge on any atom is 0.0827 e. The van der Waals surface area contributed by atoms with Crippen molar-refractivity contribution in [1.29, 1.82) is 0 Å². The van der Waals surface area contributed by atoms with E-state index in [1.807, 2.05) is 12.4 Å². The van der Waals surface area contributed by atoms with Crippen molar-refractivity contribution in [2.45, 2.75) is 20.4 Å². The topological polar surface area (TPSA) is 48.1 Å². The Bertz CT molecular complexity index is 535. The average molecular weight is 271 g/mol. The van der Waals surface area contributed by atoms with Gasteiger partial charge in [0.05, 0.1) is 17.1 Å². The lowest BCUT2D eigenvalue weighted by Crippen LogP contribution is -2.46. The number of rotatable bonds is 3. The van der Waals surface area contributed by atoms with E-state index in [4.69, 9.17) is 0 Å². The van der Waals surface area contributed by atoms with E-state index in [0.29, 0.717) is 0 Å². The zero-order chi connectivity index (χ0) is 13.9. The molecule has 106 valence electrons. The van der Waals surface area contributed by atoms with Crippen molar-refractivity contribution in [3.63, 3.8) is 0 Å². The van der Waals surface area contributed by atoms with Crippen molar-refractivity contribution >= 4 is 5.69 Å². The molecular weight excluding hydrogens is 250 g/mol. The first-order chi connectivity index (χ1) is 9.74. The van der Waals surface area contributed by atoms with Crippen LogP contribution in [0.25, 0.3) is 0 Å². The Balaban J connectivity index is 1.60. The van der Waals surface area contributed by atoms with Crippen LogP contribution in [0, 0.1) is 13.8 Å². The summed E-state index contributed by atoms with van der Waals surface area (Å²) in [5.74, 6) is 0. The highest BCUT2D eigenvalue weighted by Gasteiger charge is 2.21. The molecule has 0 unspecified atom stereocenters. The summed E-state index contributed by atoms with van der Waals surface area (Å²) in [6, 6.07) is 4.19. The third-order valence-electron chi connectivity index (χ3n) is 3.93. The zero-order valence-electron chi connectivity index (χ0n) is 12.1. The van der Waals surface area contributed by atoms with Crippen molar-refractivity contribution in [2.24, 2.45) is 0 Å². The quantitative estimate of drug-likeness (QED) is 0.924. The number of aromatic amines is 1. The minimum atomic E-state index is 1.01. The van der Waals surface area contributed by atoms with Crippen LogP contribution in [0.3, 0.4) is 0 Å². The van der Waals surface area contributed by atoms with Crippen molar-refractivity contribution < 1.29 is 0 Å². The molecule has 2 aromatic rings. The van der Waals surface area contributed by atoms with Crippen LogP contribution in [0.5, 0.6) is 0 Å². The fourth-order valence-electron chi connectivity index (χ4n) is 2.89. The Hall–Kier alpha value is -1.88. The molecule has 1 N–H and O–H groups in total. The number of aryl methyl sites for hydroxylation is 2. The number of piperazine rings is 1. The van der Waals surface area contributed by atoms with Gasteiger partial charge >= 0.3 is 0 Å². The molecule has 0 atom stereocenters. The number of aromatic nitrogens is 3. The summed E-state index contributed by atoms with van der Waals surface area (Å²) in [5.41, 5.74) is 4.90. The lowest BCUT2D eigenvalue weighted by Gasteiger charge is -2.36. The maximum atomic E-state index is 4.29. The van der Waals surface area contributed by atoms with E-state index in [9.17, 15) is 0 Å². The summed E-state index contributed by atoms with van der Waals surface area (Å²) < 4.78 is 0. The van der Waals surface area contributed by atoms with Gasteiger partial charge in [-0.2, -0.15) is 5.10 Å². The average Bonchev–Trinajstić information content (AvgIpc) is 2.81. The lowest BCUT2D eigenvalue weighted by molar-refractivity contribution is 0.249. The molecule has 0 amide bonds. The second kappa shape index (κ2) is 5.63. The molecule has 1 aliphatic heterocycles. The van der Waals surface area contributed by atoms with Gasteiger partial charge in [0, 0.05) is 45.1 Å². The summed E-state index contributed by atoms with van der Waals surface area (Å²) in [6.07, 6.45) is 3.73. The van der Waals surface area contributed by atoms with Gasteiger partial charge in [-0.05, 0) is 31.5 Å². The molecule has 2 aromatic heterocycles. The van der Waals surface area contributed by atoms with Crippen molar-refractivity contribution in [2.75, 3.05) is 31.1 Å². The SMILES string of the molecule is Cc1n[nH]c(C)c1N1CCN(Cc2ccncc2)CC1. The number of nitrogens with one attached hydrogen (secondary N) is 1. The first kappa shape index (κ1) is 13.1. The van der Waals surface area contributed by atoms with E-state index in [2.05, 4.69) is 51.0 Å². The normalized spacial score (nSPS) is 16.6. The third-order valence-corrected chi connectivity index (χ3v) is 3.93. The van der Waals surface area contributed by atoms with Crippen LogP contribution < -0.4 is 4.90 Å². The van der Waals surface area contributed by atoms with Crippen LogP contribution in [-0.2, 0) is 6.54 Å². The molecule has 1 fully saturated rings. The molecule has 3 heterocycles. The van der Waals surface area contributed by atoms with Gasteiger partial charge in [-0.3, -0.25) is 15.0 Å². The molecule has 1 saturated heterocycles. The maximum absolute atomic E-state index is 4.29. The van der Waals surface area contributed by atoms with Gasteiger partial charge in [-0.25, -0.2) is 0 Å². The predicted molar refractivity (Wildman–Crippen MR) is 79.8 cm³/mol. The van der Waals surface area contributed by atoms with Crippen LogP contribution in [0.2, 0.25) is 0 Å². The Morgan fingerprint density at radius 3 is 2.40 bits per heavy atom. The Labute approximate surface area is 119 Å². The number of hydrogen-bond acceptors (Lipinski definition) is 4. The van der Waals surface area contributed by atoms with Gasteiger partial charge in [-0.15, -0.1) is 0 Å². The van der Waals surface area contributed by atoms with E-state index in [0.717, 1.165) is 38.4 Å². The predicted octanol–water partition coefficient (Wildman–Crippen LogP) is 1.74. The monoisotopic (exact) mass is 271 g/mol. The fraction of sp³-hybridized carbons (Fsp3) is 0.467. The second-order valence-electron chi connectivity index (χ2n) is 5.40. The Kier molecular flexibility index (Phi) is 3.69. The molecule has 1 aliphatic rings. The molecule has 0 spiro atoms. The smallest absolute Gasteiger partial charge is 0.0827 e. The zero-order valence-corrected chi connectivity index (χ0v) is 12.1. The van der Waals surface area contributed by atoms with Gasteiger partial charge in [0.1, 0.15) is 0 Å². The van der Waals surface area contributed by atoms with E-state index in [1.54, 1.807) is 0 Å². The number of H-pyrrole nitrogens is 1. The molecule has 0 aliphatic carbocycles. The molecule has 3 rings (SSSR count). The van der Waals surface area contributed by atoms with Gasteiger partial charge in [0.2, 0.25) is 0 Å². The molecule has 5 heteroatoms. The minimum Gasteiger partial charge on any atom is -0.366 e. The molecule has 0 saturated carbocycles. The van der Waals surface area contributed by atoms with E-state index in [1.165, 1.54) is 16.9 Å². The molecule has 20 heavy (non-hydrogen) atoms. The summed E-state index contributed by atoms with van der Waals surface area (Å²) >= 11 is 0. The molecule has 0 radical (unpaired) electrons. The van der Waals surface area contributed by atoms with Crippen molar-refractivity contribution in [3.05, 3.63) is 41.5 Å². The first-order valence-electron chi connectivity index (χ1n) is 7.12. The number of anilines is 1. The van der Waals surface area contributed by atoms with Gasteiger partial charge in [-0.1, -0.05) is 0 Å².